The predicted octanol–water partition coefficient (Wildman–Crippen LogP) is 2.61. The fraction of sp³-hybridized carbons (Fsp3) is 0.692. The second-order valence-electron chi connectivity index (χ2n) is 5.26. The summed E-state index contributed by atoms with van der Waals surface area (Å²) in [5, 5.41) is 14.3. The van der Waals surface area contributed by atoms with Crippen molar-refractivity contribution in [3.8, 4) is 0 Å². The van der Waals surface area contributed by atoms with Crippen LogP contribution in [0.3, 0.4) is 0 Å². The molecule has 7 heteroatoms. The van der Waals surface area contributed by atoms with Crippen LogP contribution >= 0.6 is 0 Å². The molecule has 1 heterocycles. The van der Waals surface area contributed by atoms with E-state index in [1.54, 1.807) is 6.92 Å². The Morgan fingerprint density at radius 3 is 2.55 bits per heavy atom. The fourth-order valence-corrected chi connectivity index (χ4v) is 1.98. The molecule has 0 saturated heterocycles. The number of nitrogens with zero attached hydrogens (tertiary/aromatic N) is 4. The monoisotopic (exact) mass is 281 g/mol. The van der Waals surface area contributed by atoms with Gasteiger partial charge in [-0.3, -0.25) is 10.1 Å². The third-order valence-corrected chi connectivity index (χ3v) is 2.76. The minimum Gasteiger partial charge on any atom is -0.354 e. The van der Waals surface area contributed by atoms with Gasteiger partial charge >= 0.3 is 5.69 Å². The summed E-state index contributed by atoms with van der Waals surface area (Å²) < 4.78 is 0. The lowest BCUT2D eigenvalue weighted by molar-refractivity contribution is -0.385. The van der Waals surface area contributed by atoms with E-state index in [2.05, 4.69) is 29.1 Å². The van der Waals surface area contributed by atoms with Crippen LogP contribution in [-0.4, -0.2) is 35.0 Å². The predicted molar refractivity (Wildman–Crippen MR) is 80.3 cm³/mol. The summed E-state index contributed by atoms with van der Waals surface area (Å²) in [6.45, 7) is 9.25. The topological polar surface area (TPSA) is 84.2 Å². The molecule has 1 aromatic rings. The molecule has 0 radical (unpaired) electrons. The number of nitro groups is 1. The summed E-state index contributed by atoms with van der Waals surface area (Å²) in [6, 6.07) is 0. The Bertz CT molecular complexity index is 476. The lowest BCUT2D eigenvalue weighted by atomic mass is 10.2. The maximum Gasteiger partial charge on any atom is 0.332 e. The van der Waals surface area contributed by atoms with E-state index in [1.807, 2.05) is 18.9 Å². The van der Waals surface area contributed by atoms with Crippen LogP contribution in [0.4, 0.5) is 17.5 Å². The number of rotatable bonds is 7. The first-order chi connectivity index (χ1) is 9.36. The van der Waals surface area contributed by atoms with Gasteiger partial charge in [0.15, 0.2) is 0 Å². The van der Waals surface area contributed by atoms with Crippen LogP contribution in [0.1, 0.15) is 32.9 Å². The van der Waals surface area contributed by atoms with Gasteiger partial charge in [0.05, 0.1) is 4.92 Å². The number of hydrogen-bond acceptors (Lipinski definition) is 6. The third-order valence-electron chi connectivity index (χ3n) is 2.76. The Morgan fingerprint density at radius 2 is 2.05 bits per heavy atom. The van der Waals surface area contributed by atoms with Crippen LogP contribution in [0.25, 0.3) is 0 Å². The van der Waals surface area contributed by atoms with Gasteiger partial charge in [0.1, 0.15) is 5.69 Å². The van der Waals surface area contributed by atoms with E-state index >= 15 is 0 Å². The molecule has 0 amide bonds. The standard InChI is InChI=1S/C13H23N5O2/c1-6-7-14-13-15-10(4)11(18(19)20)12(16-13)17(5)8-9(2)3/h9H,6-8H2,1-5H3,(H,14,15,16). The van der Waals surface area contributed by atoms with E-state index in [0.29, 0.717) is 29.9 Å². The van der Waals surface area contributed by atoms with Crippen LogP contribution in [0.5, 0.6) is 0 Å². The van der Waals surface area contributed by atoms with Crippen molar-refractivity contribution in [2.45, 2.75) is 34.1 Å². The molecule has 7 nitrogen and oxygen atoms in total. The van der Waals surface area contributed by atoms with E-state index in [9.17, 15) is 10.1 Å². The summed E-state index contributed by atoms with van der Waals surface area (Å²) in [7, 11) is 1.82. The van der Waals surface area contributed by atoms with Crippen molar-refractivity contribution in [2.24, 2.45) is 5.92 Å². The number of anilines is 2. The average Bonchev–Trinajstić information content (AvgIpc) is 2.34. The van der Waals surface area contributed by atoms with Gasteiger partial charge in [0.25, 0.3) is 0 Å². The fourth-order valence-electron chi connectivity index (χ4n) is 1.98. The third kappa shape index (κ3) is 4.04. The van der Waals surface area contributed by atoms with Crippen LogP contribution < -0.4 is 10.2 Å². The van der Waals surface area contributed by atoms with Crippen LogP contribution in [0.15, 0.2) is 0 Å². The van der Waals surface area contributed by atoms with E-state index in [1.165, 1.54) is 0 Å². The minimum atomic E-state index is -0.412. The molecule has 0 fully saturated rings. The molecule has 112 valence electrons. The highest BCUT2D eigenvalue weighted by Crippen LogP contribution is 2.29. The van der Waals surface area contributed by atoms with Crippen molar-refractivity contribution in [3.63, 3.8) is 0 Å². The van der Waals surface area contributed by atoms with Crippen molar-refractivity contribution >= 4 is 17.5 Å². The van der Waals surface area contributed by atoms with E-state index in [0.717, 1.165) is 13.0 Å². The van der Waals surface area contributed by atoms with Gasteiger partial charge in [-0.15, -0.1) is 0 Å². The molecular weight excluding hydrogens is 258 g/mol. The number of aryl methyl sites for hydroxylation is 1. The number of nitrogens with one attached hydrogen (secondary N) is 1. The highest BCUT2D eigenvalue weighted by Gasteiger charge is 2.25. The molecule has 0 aliphatic rings. The zero-order valence-corrected chi connectivity index (χ0v) is 12.8. The zero-order valence-electron chi connectivity index (χ0n) is 12.8. The molecule has 1 aromatic heterocycles. The van der Waals surface area contributed by atoms with Crippen LogP contribution in [0, 0.1) is 23.0 Å². The zero-order chi connectivity index (χ0) is 15.3. The second-order valence-corrected chi connectivity index (χ2v) is 5.26. The SMILES string of the molecule is CCCNc1nc(C)c([N+](=O)[O-])c(N(C)CC(C)C)n1. The van der Waals surface area contributed by atoms with Crippen LogP contribution in [0.2, 0.25) is 0 Å². The summed E-state index contributed by atoms with van der Waals surface area (Å²) >= 11 is 0. The van der Waals surface area contributed by atoms with E-state index < -0.39 is 4.92 Å². The minimum absolute atomic E-state index is 0.0183. The molecule has 0 aliphatic carbocycles. The molecule has 0 atom stereocenters. The largest absolute Gasteiger partial charge is 0.354 e. The smallest absolute Gasteiger partial charge is 0.332 e. The molecule has 0 unspecified atom stereocenters. The van der Waals surface area contributed by atoms with Gasteiger partial charge in [0.2, 0.25) is 11.8 Å². The first-order valence-electron chi connectivity index (χ1n) is 6.84. The Labute approximate surface area is 119 Å². The molecular formula is C13H23N5O2. The van der Waals surface area contributed by atoms with Gasteiger partial charge in [-0.1, -0.05) is 20.8 Å². The lowest BCUT2D eigenvalue weighted by Gasteiger charge is -2.21. The first kappa shape index (κ1) is 16.1. The van der Waals surface area contributed by atoms with Crippen LogP contribution in [-0.2, 0) is 0 Å². The summed E-state index contributed by atoms with van der Waals surface area (Å²) in [5.41, 5.74) is 0.365. The van der Waals surface area contributed by atoms with E-state index in [4.69, 9.17) is 0 Å². The Hall–Kier alpha value is -1.92. The van der Waals surface area contributed by atoms with Gasteiger partial charge < -0.3 is 10.2 Å². The summed E-state index contributed by atoms with van der Waals surface area (Å²) in [4.78, 5) is 21.1. The lowest BCUT2D eigenvalue weighted by Crippen LogP contribution is -2.25. The molecule has 0 bridgehead atoms. The van der Waals surface area contributed by atoms with Crippen molar-refractivity contribution < 1.29 is 4.92 Å². The molecule has 1 rings (SSSR count). The van der Waals surface area contributed by atoms with Gasteiger partial charge in [-0.2, -0.15) is 4.98 Å². The Balaban J connectivity index is 3.21. The summed E-state index contributed by atoms with van der Waals surface area (Å²) in [5.74, 6) is 1.21. The number of hydrogen-bond donors (Lipinski definition) is 1. The Kier molecular flexibility index (Phi) is 5.66. The summed E-state index contributed by atoms with van der Waals surface area (Å²) in [6.07, 6.45) is 0.941. The molecule has 0 saturated carbocycles. The van der Waals surface area contributed by atoms with Crippen molar-refractivity contribution in [1.82, 2.24) is 9.97 Å². The van der Waals surface area contributed by atoms with Gasteiger partial charge in [-0.25, -0.2) is 4.98 Å². The number of aromatic nitrogens is 2. The van der Waals surface area contributed by atoms with Crippen molar-refractivity contribution in [3.05, 3.63) is 15.8 Å². The maximum absolute atomic E-state index is 11.2. The average molecular weight is 281 g/mol. The van der Waals surface area contributed by atoms with Gasteiger partial charge in [-0.05, 0) is 19.3 Å². The highest BCUT2D eigenvalue weighted by molar-refractivity contribution is 5.62. The second kappa shape index (κ2) is 7.02. The normalized spacial score (nSPS) is 10.7. The molecule has 20 heavy (non-hydrogen) atoms. The van der Waals surface area contributed by atoms with Crippen molar-refractivity contribution in [2.75, 3.05) is 30.4 Å². The van der Waals surface area contributed by atoms with E-state index in [-0.39, 0.29) is 5.69 Å². The molecule has 0 spiro atoms. The van der Waals surface area contributed by atoms with Gasteiger partial charge in [0, 0.05) is 20.1 Å². The van der Waals surface area contributed by atoms with Crippen molar-refractivity contribution in [1.29, 1.82) is 0 Å². The molecule has 0 aromatic carbocycles. The Morgan fingerprint density at radius 1 is 1.40 bits per heavy atom. The molecule has 0 aliphatic heterocycles. The highest BCUT2D eigenvalue weighted by atomic mass is 16.6. The molecule has 1 N–H and O–H groups in total. The maximum atomic E-state index is 11.2. The first-order valence-corrected chi connectivity index (χ1v) is 6.84. The quantitative estimate of drug-likeness (QED) is 0.611.